The number of hydrogen-bond acceptors (Lipinski definition) is 5. The molecule has 0 aromatic carbocycles. The van der Waals surface area contributed by atoms with Crippen LogP contribution in [0, 0.1) is 0 Å². The number of rotatable bonds is 3. The van der Waals surface area contributed by atoms with Gasteiger partial charge in [-0.25, -0.2) is 4.79 Å². The summed E-state index contributed by atoms with van der Waals surface area (Å²) in [6.07, 6.45) is 6.73. The quantitative estimate of drug-likeness (QED) is 0.922. The number of carbonyl (C=O) groups is 1. The Bertz CT molecular complexity index is 537. The van der Waals surface area contributed by atoms with Crippen LogP contribution in [0.5, 0.6) is 0 Å². The van der Waals surface area contributed by atoms with Crippen molar-refractivity contribution in [3.05, 3.63) is 11.7 Å². The van der Waals surface area contributed by atoms with Crippen molar-refractivity contribution in [2.45, 2.75) is 82.8 Å². The monoisotopic (exact) mass is 307 g/mol. The van der Waals surface area contributed by atoms with Crippen LogP contribution in [-0.2, 0) is 10.3 Å². The van der Waals surface area contributed by atoms with Crippen LogP contribution in [0.25, 0.3) is 0 Å². The predicted molar refractivity (Wildman–Crippen MR) is 80.4 cm³/mol. The molecule has 2 saturated carbocycles. The van der Waals surface area contributed by atoms with Gasteiger partial charge >= 0.3 is 6.09 Å². The molecule has 2 fully saturated rings. The van der Waals surface area contributed by atoms with E-state index < -0.39 is 17.2 Å². The van der Waals surface area contributed by atoms with Gasteiger partial charge < -0.3 is 14.6 Å². The molecule has 0 radical (unpaired) electrons. The number of ether oxygens (including phenoxy) is 1. The van der Waals surface area contributed by atoms with Gasteiger partial charge in [-0.15, -0.1) is 0 Å². The summed E-state index contributed by atoms with van der Waals surface area (Å²) in [7, 11) is 0. The molecule has 122 valence electrons. The SMILES string of the molecule is CC(C)(C)OC(=O)NC1(c2nc(C3CC3)no2)CCCCC1. The summed E-state index contributed by atoms with van der Waals surface area (Å²) in [4.78, 5) is 16.8. The van der Waals surface area contributed by atoms with Crippen molar-refractivity contribution in [3.63, 3.8) is 0 Å². The van der Waals surface area contributed by atoms with Gasteiger partial charge in [0.05, 0.1) is 0 Å². The van der Waals surface area contributed by atoms with Crippen molar-refractivity contribution >= 4 is 6.09 Å². The molecule has 0 aliphatic heterocycles. The molecule has 6 nitrogen and oxygen atoms in total. The normalized spacial score (nSPS) is 21.4. The minimum atomic E-state index is -0.569. The van der Waals surface area contributed by atoms with Gasteiger partial charge in [-0.1, -0.05) is 24.4 Å². The molecule has 0 saturated heterocycles. The Labute approximate surface area is 131 Å². The third kappa shape index (κ3) is 3.42. The van der Waals surface area contributed by atoms with Crippen molar-refractivity contribution in [1.82, 2.24) is 15.5 Å². The molecule has 0 bridgehead atoms. The first-order valence-corrected chi connectivity index (χ1v) is 8.23. The summed E-state index contributed by atoms with van der Waals surface area (Å²) in [6, 6.07) is 0. The standard InChI is InChI=1S/C16H25N3O3/c1-15(2,3)21-14(20)18-16(9-5-4-6-10-16)13-17-12(19-22-13)11-7-8-11/h11H,4-10H2,1-3H3,(H,18,20). The largest absolute Gasteiger partial charge is 0.444 e. The van der Waals surface area contributed by atoms with Crippen molar-refractivity contribution in [3.8, 4) is 0 Å². The second-order valence-corrected chi connectivity index (χ2v) is 7.50. The average Bonchev–Trinajstić information content (AvgIpc) is 3.14. The van der Waals surface area contributed by atoms with Gasteiger partial charge in [-0.05, 0) is 46.5 Å². The van der Waals surface area contributed by atoms with Crippen LogP contribution in [-0.4, -0.2) is 21.8 Å². The Balaban J connectivity index is 1.79. The maximum atomic E-state index is 12.2. The lowest BCUT2D eigenvalue weighted by Crippen LogP contribution is -2.49. The minimum Gasteiger partial charge on any atom is -0.444 e. The van der Waals surface area contributed by atoms with E-state index in [2.05, 4.69) is 15.5 Å². The van der Waals surface area contributed by atoms with Crippen LogP contribution in [0.1, 0.15) is 83.3 Å². The molecular formula is C16H25N3O3. The molecule has 2 aliphatic rings. The van der Waals surface area contributed by atoms with Gasteiger partial charge in [0.15, 0.2) is 5.82 Å². The lowest BCUT2D eigenvalue weighted by molar-refractivity contribution is 0.0384. The van der Waals surface area contributed by atoms with E-state index >= 15 is 0 Å². The smallest absolute Gasteiger partial charge is 0.408 e. The lowest BCUT2D eigenvalue weighted by Gasteiger charge is -2.35. The molecule has 0 unspecified atom stereocenters. The highest BCUT2D eigenvalue weighted by molar-refractivity contribution is 5.69. The van der Waals surface area contributed by atoms with E-state index in [9.17, 15) is 4.79 Å². The highest BCUT2D eigenvalue weighted by Gasteiger charge is 2.42. The Morgan fingerprint density at radius 1 is 1.27 bits per heavy atom. The molecule has 0 spiro atoms. The second-order valence-electron chi connectivity index (χ2n) is 7.50. The van der Waals surface area contributed by atoms with Gasteiger partial charge in [0.2, 0.25) is 0 Å². The van der Waals surface area contributed by atoms with Gasteiger partial charge in [0.25, 0.3) is 5.89 Å². The van der Waals surface area contributed by atoms with E-state index in [1.165, 1.54) is 6.42 Å². The second kappa shape index (κ2) is 5.56. The summed E-state index contributed by atoms with van der Waals surface area (Å²) in [6.45, 7) is 5.58. The van der Waals surface area contributed by atoms with Crippen molar-refractivity contribution < 1.29 is 14.1 Å². The highest BCUT2D eigenvalue weighted by Crippen LogP contribution is 2.41. The number of aromatic nitrogens is 2. The zero-order valence-electron chi connectivity index (χ0n) is 13.6. The van der Waals surface area contributed by atoms with Gasteiger partial charge in [-0.2, -0.15) is 4.98 Å². The number of nitrogens with one attached hydrogen (secondary N) is 1. The first-order chi connectivity index (χ1) is 10.4. The van der Waals surface area contributed by atoms with E-state index in [0.717, 1.165) is 44.3 Å². The first-order valence-electron chi connectivity index (χ1n) is 8.23. The molecule has 6 heteroatoms. The maximum absolute atomic E-state index is 12.2. The fourth-order valence-electron chi connectivity index (χ4n) is 2.98. The third-order valence-electron chi connectivity index (χ3n) is 4.24. The summed E-state index contributed by atoms with van der Waals surface area (Å²) in [5, 5.41) is 7.12. The lowest BCUT2D eigenvalue weighted by atomic mass is 9.81. The van der Waals surface area contributed by atoms with E-state index in [4.69, 9.17) is 9.26 Å². The fraction of sp³-hybridized carbons (Fsp3) is 0.812. The van der Waals surface area contributed by atoms with Crippen molar-refractivity contribution in [2.75, 3.05) is 0 Å². The van der Waals surface area contributed by atoms with Crippen molar-refractivity contribution in [1.29, 1.82) is 0 Å². The maximum Gasteiger partial charge on any atom is 0.408 e. The van der Waals surface area contributed by atoms with E-state index in [1.807, 2.05) is 20.8 Å². The van der Waals surface area contributed by atoms with Crippen LogP contribution >= 0.6 is 0 Å². The molecule has 1 N–H and O–H groups in total. The molecule has 3 rings (SSSR count). The van der Waals surface area contributed by atoms with Gasteiger partial charge in [-0.3, -0.25) is 0 Å². The summed E-state index contributed by atoms with van der Waals surface area (Å²) in [5.74, 6) is 1.77. The molecular weight excluding hydrogens is 282 g/mol. The Hall–Kier alpha value is -1.59. The van der Waals surface area contributed by atoms with E-state index in [1.54, 1.807) is 0 Å². The zero-order valence-corrected chi connectivity index (χ0v) is 13.6. The van der Waals surface area contributed by atoms with Gasteiger partial charge in [0.1, 0.15) is 11.1 Å². The molecule has 22 heavy (non-hydrogen) atoms. The molecule has 1 aromatic rings. The van der Waals surface area contributed by atoms with Crippen LogP contribution in [0.15, 0.2) is 4.52 Å². The summed E-state index contributed by atoms with van der Waals surface area (Å²) >= 11 is 0. The fourth-order valence-corrected chi connectivity index (χ4v) is 2.98. The summed E-state index contributed by atoms with van der Waals surface area (Å²) < 4.78 is 10.9. The molecule has 1 amide bonds. The Kier molecular flexibility index (Phi) is 3.87. The first kappa shape index (κ1) is 15.3. The van der Waals surface area contributed by atoms with E-state index in [-0.39, 0.29) is 0 Å². The molecule has 0 atom stereocenters. The number of amides is 1. The zero-order chi connectivity index (χ0) is 15.8. The van der Waals surface area contributed by atoms with Crippen LogP contribution < -0.4 is 5.32 Å². The van der Waals surface area contributed by atoms with Crippen molar-refractivity contribution in [2.24, 2.45) is 0 Å². The number of nitrogens with zero attached hydrogens (tertiary/aromatic N) is 2. The molecule has 2 aliphatic carbocycles. The number of carbonyl (C=O) groups excluding carboxylic acids is 1. The molecule has 1 aromatic heterocycles. The van der Waals surface area contributed by atoms with Crippen LogP contribution in [0.4, 0.5) is 4.79 Å². The van der Waals surface area contributed by atoms with Crippen LogP contribution in [0.2, 0.25) is 0 Å². The Morgan fingerprint density at radius 3 is 2.55 bits per heavy atom. The van der Waals surface area contributed by atoms with Gasteiger partial charge in [0, 0.05) is 5.92 Å². The summed E-state index contributed by atoms with van der Waals surface area (Å²) in [5.41, 5.74) is -1.09. The Morgan fingerprint density at radius 2 is 1.95 bits per heavy atom. The van der Waals surface area contributed by atoms with E-state index in [0.29, 0.717) is 11.8 Å². The molecule has 1 heterocycles. The average molecular weight is 307 g/mol. The van der Waals surface area contributed by atoms with Crippen LogP contribution in [0.3, 0.4) is 0 Å². The number of alkyl carbamates (subject to hydrolysis) is 1. The number of hydrogen-bond donors (Lipinski definition) is 1. The topological polar surface area (TPSA) is 77.2 Å². The minimum absolute atomic E-state index is 0.416. The predicted octanol–water partition coefficient (Wildman–Crippen LogP) is 3.63. The third-order valence-corrected chi connectivity index (χ3v) is 4.24. The highest BCUT2D eigenvalue weighted by atomic mass is 16.6.